The SMILES string of the molecule is C=C(C)C1CN(S(=O)(=O)c2ccc(OC)cc2)CC1=C. The average Bonchev–Trinajstić information content (AvgIpc) is 2.82. The lowest BCUT2D eigenvalue weighted by Crippen LogP contribution is -2.29. The molecule has 0 N–H and O–H groups in total. The van der Waals surface area contributed by atoms with Crippen LogP contribution in [0.2, 0.25) is 0 Å². The van der Waals surface area contributed by atoms with Crippen molar-refractivity contribution in [3.05, 3.63) is 48.6 Å². The second-order valence-electron chi connectivity index (χ2n) is 5.03. The zero-order valence-corrected chi connectivity index (χ0v) is 12.6. The van der Waals surface area contributed by atoms with E-state index in [0.29, 0.717) is 18.8 Å². The molecule has 0 bridgehead atoms. The largest absolute Gasteiger partial charge is 0.497 e. The Balaban J connectivity index is 2.27. The molecule has 1 aliphatic heterocycles. The number of hydrogen-bond acceptors (Lipinski definition) is 3. The maximum atomic E-state index is 12.6. The Morgan fingerprint density at radius 3 is 2.40 bits per heavy atom. The summed E-state index contributed by atoms with van der Waals surface area (Å²) in [6.07, 6.45) is 0. The molecule has 0 spiro atoms. The first-order valence-corrected chi connectivity index (χ1v) is 7.77. The summed E-state index contributed by atoms with van der Waals surface area (Å²) in [4.78, 5) is 0.272. The van der Waals surface area contributed by atoms with Gasteiger partial charge < -0.3 is 4.74 Å². The summed E-state index contributed by atoms with van der Waals surface area (Å²) in [6, 6.07) is 6.41. The van der Waals surface area contributed by atoms with E-state index in [1.165, 1.54) is 4.31 Å². The van der Waals surface area contributed by atoms with Crippen molar-refractivity contribution in [2.24, 2.45) is 5.92 Å². The van der Waals surface area contributed by atoms with E-state index in [4.69, 9.17) is 4.74 Å². The molecule has 1 atom stereocenters. The summed E-state index contributed by atoms with van der Waals surface area (Å²) < 4.78 is 31.6. The molecule has 1 unspecified atom stereocenters. The van der Waals surface area contributed by atoms with Gasteiger partial charge in [-0.15, -0.1) is 0 Å². The van der Waals surface area contributed by atoms with E-state index in [2.05, 4.69) is 13.2 Å². The molecular weight excluding hydrogens is 274 g/mol. The van der Waals surface area contributed by atoms with E-state index in [1.54, 1.807) is 31.4 Å². The fourth-order valence-corrected chi connectivity index (χ4v) is 3.78. The van der Waals surface area contributed by atoms with Gasteiger partial charge in [0.15, 0.2) is 0 Å². The van der Waals surface area contributed by atoms with E-state index < -0.39 is 10.0 Å². The number of nitrogens with zero attached hydrogens (tertiary/aromatic N) is 1. The molecule has 0 saturated carbocycles. The first kappa shape index (κ1) is 14.8. The minimum atomic E-state index is -3.49. The highest BCUT2D eigenvalue weighted by Gasteiger charge is 2.35. The topological polar surface area (TPSA) is 46.6 Å². The number of methoxy groups -OCH3 is 1. The molecule has 1 saturated heterocycles. The van der Waals surface area contributed by atoms with Gasteiger partial charge in [0.2, 0.25) is 10.0 Å². The Labute approximate surface area is 120 Å². The minimum Gasteiger partial charge on any atom is -0.497 e. The maximum Gasteiger partial charge on any atom is 0.243 e. The van der Waals surface area contributed by atoms with Crippen LogP contribution in [0.25, 0.3) is 0 Å². The first-order valence-electron chi connectivity index (χ1n) is 6.33. The fraction of sp³-hybridized carbons (Fsp3) is 0.333. The van der Waals surface area contributed by atoms with Gasteiger partial charge >= 0.3 is 0 Å². The highest BCUT2D eigenvalue weighted by atomic mass is 32.2. The molecule has 0 aliphatic carbocycles. The van der Waals surface area contributed by atoms with Crippen molar-refractivity contribution in [2.45, 2.75) is 11.8 Å². The van der Waals surface area contributed by atoms with Crippen LogP contribution in [0.3, 0.4) is 0 Å². The van der Waals surface area contributed by atoms with Crippen LogP contribution in [0.4, 0.5) is 0 Å². The molecule has 20 heavy (non-hydrogen) atoms. The van der Waals surface area contributed by atoms with Crippen molar-refractivity contribution < 1.29 is 13.2 Å². The van der Waals surface area contributed by atoms with Gasteiger partial charge in [-0.25, -0.2) is 8.42 Å². The van der Waals surface area contributed by atoms with Gasteiger partial charge in [0.25, 0.3) is 0 Å². The normalized spacial score (nSPS) is 20.1. The van der Waals surface area contributed by atoms with Crippen molar-refractivity contribution in [1.82, 2.24) is 4.31 Å². The Bertz CT molecular complexity index is 632. The zero-order chi connectivity index (χ0) is 14.9. The van der Waals surface area contributed by atoms with Crippen LogP contribution in [0, 0.1) is 5.92 Å². The van der Waals surface area contributed by atoms with Crippen LogP contribution in [0.1, 0.15) is 6.92 Å². The Hall–Kier alpha value is -1.59. The van der Waals surface area contributed by atoms with Crippen molar-refractivity contribution in [1.29, 1.82) is 0 Å². The van der Waals surface area contributed by atoms with E-state index in [1.807, 2.05) is 6.92 Å². The first-order chi connectivity index (χ1) is 9.36. The van der Waals surface area contributed by atoms with Crippen molar-refractivity contribution in [3.8, 4) is 5.75 Å². The lowest BCUT2D eigenvalue weighted by Gasteiger charge is -2.16. The molecule has 1 heterocycles. The molecule has 1 fully saturated rings. The van der Waals surface area contributed by atoms with Crippen LogP contribution in [-0.4, -0.2) is 32.9 Å². The average molecular weight is 293 g/mol. The summed E-state index contributed by atoms with van der Waals surface area (Å²) in [6.45, 7) is 10.5. The summed E-state index contributed by atoms with van der Waals surface area (Å²) in [7, 11) is -1.94. The Morgan fingerprint density at radius 2 is 1.95 bits per heavy atom. The van der Waals surface area contributed by atoms with E-state index in [-0.39, 0.29) is 10.8 Å². The van der Waals surface area contributed by atoms with Crippen LogP contribution in [0.5, 0.6) is 5.75 Å². The monoisotopic (exact) mass is 293 g/mol. The quantitative estimate of drug-likeness (QED) is 0.801. The maximum absolute atomic E-state index is 12.6. The Morgan fingerprint density at radius 1 is 1.35 bits per heavy atom. The van der Waals surface area contributed by atoms with Gasteiger partial charge in [-0.1, -0.05) is 24.3 Å². The lowest BCUT2D eigenvalue weighted by molar-refractivity contribution is 0.414. The predicted octanol–water partition coefficient (Wildman–Crippen LogP) is 2.45. The van der Waals surface area contributed by atoms with Crippen molar-refractivity contribution >= 4 is 10.0 Å². The molecule has 4 nitrogen and oxygen atoms in total. The van der Waals surface area contributed by atoms with Crippen LogP contribution in [-0.2, 0) is 10.0 Å². The molecule has 0 aromatic heterocycles. The van der Waals surface area contributed by atoms with E-state index in [9.17, 15) is 8.42 Å². The molecule has 1 aromatic carbocycles. The van der Waals surface area contributed by atoms with E-state index >= 15 is 0 Å². The summed E-state index contributed by atoms with van der Waals surface area (Å²) in [5.41, 5.74) is 1.84. The van der Waals surface area contributed by atoms with Gasteiger partial charge in [-0.2, -0.15) is 4.31 Å². The fourth-order valence-electron chi connectivity index (χ4n) is 2.32. The number of hydrogen-bond donors (Lipinski definition) is 0. The van der Waals surface area contributed by atoms with Crippen LogP contribution >= 0.6 is 0 Å². The highest BCUT2D eigenvalue weighted by molar-refractivity contribution is 7.89. The lowest BCUT2D eigenvalue weighted by atomic mass is 9.98. The van der Waals surface area contributed by atoms with Crippen molar-refractivity contribution in [2.75, 3.05) is 20.2 Å². The minimum absolute atomic E-state index is 0.0445. The third-order valence-corrected chi connectivity index (χ3v) is 5.38. The molecule has 2 rings (SSSR count). The van der Waals surface area contributed by atoms with Gasteiger partial charge in [-0.3, -0.25) is 0 Å². The molecule has 5 heteroatoms. The molecular formula is C15H19NO3S. The van der Waals surface area contributed by atoms with E-state index in [0.717, 1.165) is 11.1 Å². The van der Waals surface area contributed by atoms with Crippen LogP contribution in [0.15, 0.2) is 53.5 Å². The summed E-state index contributed by atoms with van der Waals surface area (Å²) in [5, 5.41) is 0. The summed E-state index contributed by atoms with van der Waals surface area (Å²) >= 11 is 0. The van der Waals surface area contributed by atoms with Crippen molar-refractivity contribution in [3.63, 3.8) is 0 Å². The third-order valence-electron chi connectivity index (χ3n) is 3.55. The summed E-state index contributed by atoms with van der Waals surface area (Å²) in [5.74, 6) is 0.678. The Kier molecular flexibility index (Phi) is 4.01. The molecule has 1 aromatic rings. The highest BCUT2D eigenvalue weighted by Crippen LogP contribution is 2.31. The van der Waals surface area contributed by atoms with Gasteiger partial charge in [0.05, 0.1) is 12.0 Å². The number of ether oxygens (including phenoxy) is 1. The molecule has 1 aliphatic rings. The number of sulfonamides is 1. The smallest absolute Gasteiger partial charge is 0.243 e. The third kappa shape index (κ3) is 2.64. The molecule has 0 amide bonds. The molecule has 108 valence electrons. The van der Waals surface area contributed by atoms with Gasteiger partial charge in [-0.05, 0) is 31.2 Å². The predicted molar refractivity (Wildman–Crippen MR) is 79.2 cm³/mol. The standard InChI is InChI=1S/C15H19NO3S/c1-11(2)15-10-16(9-12(15)3)20(17,18)14-7-5-13(19-4)6-8-14/h5-8,15H,1,3,9-10H2,2,4H3. The second kappa shape index (κ2) is 5.42. The van der Waals surface area contributed by atoms with Gasteiger partial charge in [0.1, 0.15) is 5.75 Å². The second-order valence-corrected chi connectivity index (χ2v) is 6.97. The number of rotatable bonds is 4. The zero-order valence-electron chi connectivity index (χ0n) is 11.8. The molecule has 0 radical (unpaired) electrons. The van der Waals surface area contributed by atoms with Crippen LogP contribution < -0.4 is 4.74 Å². The number of benzene rings is 1. The van der Waals surface area contributed by atoms with Gasteiger partial charge in [0, 0.05) is 19.0 Å².